The molecular formula is C13H28N2O. The molecule has 1 fully saturated rings. The highest BCUT2D eigenvalue weighted by atomic mass is 16.3. The fourth-order valence-corrected chi connectivity index (χ4v) is 2.28. The van der Waals surface area contributed by atoms with Gasteiger partial charge in [-0.3, -0.25) is 0 Å². The van der Waals surface area contributed by atoms with Gasteiger partial charge in [0, 0.05) is 6.54 Å². The predicted octanol–water partition coefficient (Wildman–Crippen LogP) is 1.47. The van der Waals surface area contributed by atoms with E-state index in [4.69, 9.17) is 0 Å². The lowest BCUT2D eigenvalue weighted by Gasteiger charge is -2.33. The zero-order valence-corrected chi connectivity index (χ0v) is 11.1. The molecule has 0 spiro atoms. The molecule has 16 heavy (non-hydrogen) atoms. The Balaban J connectivity index is 2.12. The Hall–Kier alpha value is -0.120. The lowest BCUT2D eigenvalue weighted by molar-refractivity contribution is 0.0518. The first kappa shape index (κ1) is 13.9. The minimum atomic E-state index is -0.511. The Kier molecular flexibility index (Phi) is 5.73. The quantitative estimate of drug-likeness (QED) is 0.722. The van der Waals surface area contributed by atoms with Gasteiger partial charge in [-0.1, -0.05) is 0 Å². The van der Waals surface area contributed by atoms with Crippen molar-refractivity contribution in [2.75, 3.05) is 33.2 Å². The van der Waals surface area contributed by atoms with E-state index in [-0.39, 0.29) is 0 Å². The van der Waals surface area contributed by atoms with Crippen LogP contribution in [0.5, 0.6) is 0 Å². The van der Waals surface area contributed by atoms with Gasteiger partial charge in [0.2, 0.25) is 0 Å². The van der Waals surface area contributed by atoms with Crippen LogP contribution in [0.25, 0.3) is 0 Å². The van der Waals surface area contributed by atoms with E-state index < -0.39 is 5.60 Å². The normalized spacial score (nSPS) is 20.2. The van der Waals surface area contributed by atoms with Gasteiger partial charge >= 0.3 is 0 Å². The van der Waals surface area contributed by atoms with Gasteiger partial charge in [0.15, 0.2) is 0 Å². The number of aliphatic hydroxyl groups is 1. The predicted molar refractivity (Wildman–Crippen MR) is 68.6 cm³/mol. The van der Waals surface area contributed by atoms with Crippen molar-refractivity contribution < 1.29 is 5.11 Å². The lowest BCUT2D eigenvalue weighted by atomic mass is 9.93. The van der Waals surface area contributed by atoms with E-state index in [0.717, 1.165) is 25.4 Å². The van der Waals surface area contributed by atoms with E-state index in [9.17, 15) is 5.11 Å². The zero-order valence-electron chi connectivity index (χ0n) is 11.1. The standard InChI is InChI=1S/C13H28N2O/c1-13(2,16)7-11-15-9-5-12(6-10-15)4-8-14-3/h12,14,16H,4-11H2,1-3H3. The molecule has 1 saturated heterocycles. The Morgan fingerprint density at radius 3 is 2.44 bits per heavy atom. The fourth-order valence-electron chi connectivity index (χ4n) is 2.28. The Morgan fingerprint density at radius 2 is 1.94 bits per heavy atom. The molecule has 1 aliphatic heterocycles. The van der Waals surface area contributed by atoms with E-state index in [1.807, 2.05) is 20.9 Å². The van der Waals surface area contributed by atoms with Crippen LogP contribution in [-0.4, -0.2) is 48.8 Å². The molecule has 1 aliphatic rings. The SMILES string of the molecule is CNCCC1CCN(CCC(C)(C)O)CC1. The van der Waals surface area contributed by atoms with Gasteiger partial charge in [-0.2, -0.15) is 0 Å². The Morgan fingerprint density at radius 1 is 1.31 bits per heavy atom. The zero-order chi connectivity index (χ0) is 12.0. The van der Waals surface area contributed by atoms with Crippen LogP contribution in [0.1, 0.15) is 39.5 Å². The maximum atomic E-state index is 9.68. The van der Waals surface area contributed by atoms with Crippen LogP contribution in [0.2, 0.25) is 0 Å². The van der Waals surface area contributed by atoms with Gasteiger partial charge in [-0.05, 0) is 72.1 Å². The van der Waals surface area contributed by atoms with Gasteiger partial charge in [-0.15, -0.1) is 0 Å². The molecule has 1 heterocycles. The molecule has 2 N–H and O–H groups in total. The Bertz CT molecular complexity index is 181. The molecule has 3 heteroatoms. The van der Waals surface area contributed by atoms with Gasteiger partial charge < -0.3 is 15.3 Å². The van der Waals surface area contributed by atoms with E-state index in [2.05, 4.69) is 10.2 Å². The molecule has 0 saturated carbocycles. The Labute approximate surface area is 100 Å². The number of hydrogen-bond acceptors (Lipinski definition) is 3. The van der Waals surface area contributed by atoms with E-state index in [1.165, 1.54) is 32.4 Å². The third kappa shape index (κ3) is 5.83. The van der Waals surface area contributed by atoms with Crippen LogP contribution in [0.15, 0.2) is 0 Å². The average molecular weight is 228 g/mol. The van der Waals surface area contributed by atoms with Gasteiger partial charge in [0.05, 0.1) is 5.60 Å². The van der Waals surface area contributed by atoms with Crippen molar-refractivity contribution in [3.05, 3.63) is 0 Å². The second-order valence-electron chi connectivity index (χ2n) is 5.74. The number of rotatable bonds is 6. The van der Waals surface area contributed by atoms with Crippen LogP contribution < -0.4 is 5.32 Å². The van der Waals surface area contributed by atoms with Gasteiger partial charge in [0.1, 0.15) is 0 Å². The summed E-state index contributed by atoms with van der Waals surface area (Å²) >= 11 is 0. The monoisotopic (exact) mass is 228 g/mol. The maximum absolute atomic E-state index is 9.68. The smallest absolute Gasteiger partial charge is 0.0603 e. The summed E-state index contributed by atoms with van der Waals surface area (Å²) < 4.78 is 0. The molecular weight excluding hydrogens is 200 g/mol. The van der Waals surface area contributed by atoms with E-state index >= 15 is 0 Å². The maximum Gasteiger partial charge on any atom is 0.0603 e. The van der Waals surface area contributed by atoms with Crippen molar-refractivity contribution in [1.29, 1.82) is 0 Å². The molecule has 0 aromatic heterocycles. The first-order chi connectivity index (χ1) is 7.51. The number of piperidine rings is 1. The van der Waals surface area contributed by atoms with Crippen LogP contribution in [0.4, 0.5) is 0 Å². The first-order valence-corrected chi connectivity index (χ1v) is 6.60. The largest absolute Gasteiger partial charge is 0.390 e. The molecule has 0 aromatic rings. The third-order valence-corrected chi connectivity index (χ3v) is 3.55. The van der Waals surface area contributed by atoms with Gasteiger partial charge in [0.25, 0.3) is 0 Å². The van der Waals surface area contributed by atoms with Crippen LogP contribution >= 0.6 is 0 Å². The second kappa shape index (κ2) is 6.58. The summed E-state index contributed by atoms with van der Waals surface area (Å²) in [5.74, 6) is 0.908. The summed E-state index contributed by atoms with van der Waals surface area (Å²) in [6.07, 6.45) is 4.85. The summed E-state index contributed by atoms with van der Waals surface area (Å²) in [4.78, 5) is 2.49. The van der Waals surface area contributed by atoms with Crippen molar-refractivity contribution in [2.45, 2.75) is 45.1 Å². The molecule has 1 rings (SSSR count). The number of nitrogens with one attached hydrogen (secondary N) is 1. The highest BCUT2D eigenvalue weighted by Crippen LogP contribution is 2.21. The minimum Gasteiger partial charge on any atom is -0.390 e. The average Bonchev–Trinajstić information content (AvgIpc) is 2.24. The molecule has 3 nitrogen and oxygen atoms in total. The number of nitrogens with zero attached hydrogens (tertiary/aromatic N) is 1. The summed E-state index contributed by atoms with van der Waals surface area (Å²) in [5.41, 5.74) is -0.511. The third-order valence-electron chi connectivity index (χ3n) is 3.55. The first-order valence-electron chi connectivity index (χ1n) is 6.60. The summed E-state index contributed by atoms with van der Waals surface area (Å²) in [5, 5.41) is 12.9. The molecule has 0 atom stereocenters. The number of hydrogen-bond donors (Lipinski definition) is 2. The fraction of sp³-hybridized carbons (Fsp3) is 1.00. The van der Waals surface area contributed by atoms with Crippen LogP contribution in [-0.2, 0) is 0 Å². The van der Waals surface area contributed by atoms with Crippen molar-refractivity contribution in [3.8, 4) is 0 Å². The van der Waals surface area contributed by atoms with Gasteiger partial charge in [-0.25, -0.2) is 0 Å². The van der Waals surface area contributed by atoms with Crippen molar-refractivity contribution in [2.24, 2.45) is 5.92 Å². The molecule has 0 unspecified atom stereocenters. The molecule has 0 bridgehead atoms. The lowest BCUT2D eigenvalue weighted by Crippen LogP contribution is -2.37. The van der Waals surface area contributed by atoms with Crippen molar-refractivity contribution >= 4 is 0 Å². The minimum absolute atomic E-state index is 0.511. The van der Waals surface area contributed by atoms with Crippen LogP contribution in [0, 0.1) is 5.92 Å². The van der Waals surface area contributed by atoms with Crippen molar-refractivity contribution in [1.82, 2.24) is 10.2 Å². The topological polar surface area (TPSA) is 35.5 Å². The van der Waals surface area contributed by atoms with E-state index in [1.54, 1.807) is 0 Å². The summed E-state index contributed by atoms with van der Waals surface area (Å²) in [6, 6.07) is 0. The summed E-state index contributed by atoms with van der Waals surface area (Å²) in [7, 11) is 2.03. The molecule has 0 aliphatic carbocycles. The van der Waals surface area contributed by atoms with E-state index in [0.29, 0.717) is 0 Å². The summed E-state index contributed by atoms with van der Waals surface area (Å²) in [6.45, 7) is 8.41. The molecule has 0 radical (unpaired) electrons. The second-order valence-corrected chi connectivity index (χ2v) is 5.74. The van der Waals surface area contributed by atoms with Crippen LogP contribution in [0.3, 0.4) is 0 Å². The highest BCUT2D eigenvalue weighted by Gasteiger charge is 2.20. The highest BCUT2D eigenvalue weighted by molar-refractivity contribution is 4.75. The molecule has 96 valence electrons. The van der Waals surface area contributed by atoms with Crippen molar-refractivity contribution in [3.63, 3.8) is 0 Å². The molecule has 0 aromatic carbocycles. The number of likely N-dealkylation sites (tertiary alicyclic amines) is 1. The molecule has 0 amide bonds.